The van der Waals surface area contributed by atoms with Crippen molar-refractivity contribution in [2.75, 3.05) is 24.5 Å². The van der Waals surface area contributed by atoms with Crippen molar-refractivity contribution in [1.82, 2.24) is 5.32 Å². The van der Waals surface area contributed by atoms with Crippen LogP contribution in [0.3, 0.4) is 0 Å². The predicted molar refractivity (Wildman–Crippen MR) is 75.1 cm³/mol. The number of nitrogens with one attached hydrogen (secondary N) is 1. The second-order valence-corrected chi connectivity index (χ2v) is 5.23. The van der Waals surface area contributed by atoms with Gasteiger partial charge >= 0.3 is 0 Å². The van der Waals surface area contributed by atoms with E-state index in [2.05, 4.69) is 35.3 Å². The molecule has 1 heterocycles. The van der Waals surface area contributed by atoms with Gasteiger partial charge in [0.05, 0.1) is 0 Å². The number of aryl methyl sites for hydroxylation is 1. The molecule has 1 saturated heterocycles. The highest BCUT2D eigenvalue weighted by atomic mass is 35.5. The third-order valence-corrected chi connectivity index (χ3v) is 3.80. The molecule has 1 aliphatic rings. The minimum absolute atomic E-state index is 0.634. The van der Waals surface area contributed by atoms with Crippen LogP contribution in [0.4, 0.5) is 5.69 Å². The maximum Gasteiger partial charge on any atom is 0.0455 e. The molecule has 1 aromatic carbocycles. The van der Waals surface area contributed by atoms with Crippen molar-refractivity contribution in [2.24, 2.45) is 0 Å². The van der Waals surface area contributed by atoms with Crippen molar-refractivity contribution >= 4 is 17.3 Å². The van der Waals surface area contributed by atoms with Gasteiger partial charge in [-0.25, -0.2) is 0 Å². The molecule has 94 valence electrons. The molecular weight excluding hydrogens is 232 g/mol. The van der Waals surface area contributed by atoms with Crippen molar-refractivity contribution in [2.45, 2.75) is 32.7 Å². The van der Waals surface area contributed by atoms with Gasteiger partial charge < -0.3 is 10.2 Å². The summed E-state index contributed by atoms with van der Waals surface area (Å²) >= 11 is 6.17. The van der Waals surface area contributed by atoms with Gasteiger partial charge in [0, 0.05) is 29.8 Å². The first-order chi connectivity index (χ1) is 8.20. The summed E-state index contributed by atoms with van der Waals surface area (Å²) in [6.45, 7) is 7.59. The van der Waals surface area contributed by atoms with Gasteiger partial charge in [-0.1, -0.05) is 24.6 Å². The van der Waals surface area contributed by atoms with Crippen molar-refractivity contribution in [3.8, 4) is 0 Å². The lowest BCUT2D eigenvalue weighted by Gasteiger charge is -2.19. The lowest BCUT2D eigenvalue weighted by molar-refractivity contribution is 0.549. The van der Waals surface area contributed by atoms with Crippen LogP contribution in [0.25, 0.3) is 0 Å². The Labute approximate surface area is 109 Å². The minimum atomic E-state index is 0.634. The van der Waals surface area contributed by atoms with Gasteiger partial charge in [0.15, 0.2) is 0 Å². The topological polar surface area (TPSA) is 15.3 Å². The number of nitrogens with zero attached hydrogens (tertiary/aromatic N) is 1. The molecule has 1 N–H and O–H groups in total. The first kappa shape index (κ1) is 12.7. The number of rotatable bonds is 4. The highest BCUT2D eigenvalue weighted by molar-refractivity contribution is 6.31. The van der Waals surface area contributed by atoms with Gasteiger partial charge in [-0.3, -0.25) is 0 Å². The van der Waals surface area contributed by atoms with Crippen molar-refractivity contribution in [3.05, 3.63) is 28.8 Å². The SMILES string of the molecule is CCCNC1CCN(c2ccc(C)c(Cl)c2)C1. The summed E-state index contributed by atoms with van der Waals surface area (Å²) in [4.78, 5) is 2.42. The van der Waals surface area contributed by atoms with E-state index in [0.717, 1.165) is 30.2 Å². The molecule has 2 rings (SSSR count). The van der Waals surface area contributed by atoms with E-state index in [0.29, 0.717) is 6.04 Å². The van der Waals surface area contributed by atoms with Crippen LogP contribution < -0.4 is 10.2 Å². The Balaban J connectivity index is 1.97. The van der Waals surface area contributed by atoms with E-state index in [1.165, 1.54) is 18.5 Å². The smallest absolute Gasteiger partial charge is 0.0455 e. The van der Waals surface area contributed by atoms with Crippen LogP contribution in [0, 0.1) is 6.92 Å². The molecule has 1 fully saturated rings. The quantitative estimate of drug-likeness (QED) is 0.885. The van der Waals surface area contributed by atoms with E-state index < -0.39 is 0 Å². The van der Waals surface area contributed by atoms with Crippen LogP contribution >= 0.6 is 11.6 Å². The molecule has 1 atom stereocenters. The molecule has 0 aliphatic carbocycles. The Bertz CT molecular complexity index is 378. The summed E-state index contributed by atoms with van der Waals surface area (Å²) in [5, 5.41) is 4.45. The maximum absolute atomic E-state index is 6.17. The normalized spacial score (nSPS) is 19.9. The summed E-state index contributed by atoms with van der Waals surface area (Å²) in [6, 6.07) is 6.99. The Kier molecular flexibility index (Phi) is 4.30. The van der Waals surface area contributed by atoms with Crippen LogP contribution in [-0.2, 0) is 0 Å². The van der Waals surface area contributed by atoms with Gasteiger partial charge in [-0.2, -0.15) is 0 Å². The average molecular weight is 253 g/mol. The fourth-order valence-corrected chi connectivity index (χ4v) is 2.46. The Morgan fingerprint density at radius 2 is 2.29 bits per heavy atom. The standard InChI is InChI=1S/C14H21ClN2/c1-3-7-16-12-6-8-17(10-12)13-5-4-11(2)14(15)9-13/h4-5,9,12,16H,3,6-8,10H2,1-2H3. The van der Waals surface area contributed by atoms with Gasteiger partial charge in [0.2, 0.25) is 0 Å². The molecule has 0 amide bonds. The van der Waals surface area contributed by atoms with Crippen LogP contribution in [0.5, 0.6) is 0 Å². The monoisotopic (exact) mass is 252 g/mol. The van der Waals surface area contributed by atoms with Gasteiger partial charge in [0.1, 0.15) is 0 Å². The lowest BCUT2D eigenvalue weighted by Crippen LogP contribution is -2.32. The fraction of sp³-hybridized carbons (Fsp3) is 0.571. The molecule has 0 saturated carbocycles. The van der Waals surface area contributed by atoms with Crippen molar-refractivity contribution in [1.29, 1.82) is 0 Å². The third kappa shape index (κ3) is 3.14. The Hall–Kier alpha value is -0.730. The van der Waals surface area contributed by atoms with E-state index >= 15 is 0 Å². The second kappa shape index (κ2) is 5.74. The van der Waals surface area contributed by atoms with Gasteiger partial charge in [0.25, 0.3) is 0 Å². The van der Waals surface area contributed by atoms with Crippen molar-refractivity contribution in [3.63, 3.8) is 0 Å². The minimum Gasteiger partial charge on any atom is -0.370 e. The molecule has 1 unspecified atom stereocenters. The Morgan fingerprint density at radius 3 is 3.00 bits per heavy atom. The zero-order chi connectivity index (χ0) is 12.3. The first-order valence-electron chi connectivity index (χ1n) is 6.45. The molecule has 0 aromatic heterocycles. The Morgan fingerprint density at radius 1 is 1.47 bits per heavy atom. The molecule has 3 heteroatoms. The van der Waals surface area contributed by atoms with Crippen molar-refractivity contribution < 1.29 is 0 Å². The highest BCUT2D eigenvalue weighted by Gasteiger charge is 2.22. The van der Waals surface area contributed by atoms with E-state index in [1.54, 1.807) is 0 Å². The largest absolute Gasteiger partial charge is 0.370 e. The zero-order valence-corrected chi connectivity index (χ0v) is 11.4. The average Bonchev–Trinajstić information content (AvgIpc) is 2.79. The van der Waals surface area contributed by atoms with Gasteiger partial charge in [-0.15, -0.1) is 0 Å². The molecular formula is C14H21ClN2. The van der Waals surface area contributed by atoms with Gasteiger partial charge in [-0.05, 0) is 44.0 Å². The second-order valence-electron chi connectivity index (χ2n) is 4.82. The third-order valence-electron chi connectivity index (χ3n) is 3.39. The summed E-state index contributed by atoms with van der Waals surface area (Å²) in [7, 11) is 0. The summed E-state index contributed by atoms with van der Waals surface area (Å²) in [6.07, 6.45) is 2.43. The van der Waals surface area contributed by atoms with Crippen LogP contribution in [0.1, 0.15) is 25.3 Å². The molecule has 1 aliphatic heterocycles. The zero-order valence-electron chi connectivity index (χ0n) is 10.7. The highest BCUT2D eigenvalue weighted by Crippen LogP contribution is 2.25. The fourth-order valence-electron chi connectivity index (χ4n) is 2.29. The number of halogens is 1. The van der Waals surface area contributed by atoms with Crippen LogP contribution in [0.2, 0.25) is 5.02 Å². The summed E-state index contributed by atoms with van der Waals surface area (Å²) in [5.41, 5.74) is 2.40. The van der Waals surface area contributed by atoms with E-state index in [-0.39, 0.29) is 0 Å². The molecule has 2 nitrogen and oxygen atoms in total. The van der Waals surface area contributed by atoms with E-state index in [1.807, 2.05) is 6.92 Å². The molecule has 1 aromatic rings. The molecule has 0 radical (unpaired) electrons. The summed E-state index contributed by atoms with van der Waals surface area (Å²) in [5.74, 6) is 0. The predicted octanol–water partition coefficient (Wildman–Crippen LogP) is 3.23. The first-order valence-corrected chi connectivity index (χ1v) is 6.83. The van der Waals surface area contributed by atoms with Crippen LogP contribution in [0.15, 0.2) is 18.2 Å². The van der Waals surface area contributed by atoms with Crippen LogP contribution in [-0.4, -0.2) is 25.7 Å². The number of benzene rings is 1. The molecule has 17 heavy (non-hydrogen) atoms. The maximum atomic E-state index is 6.17. The number of hydrogen-bond acceptors (Lipinski definition) is 2. The molecule has 0 bridgehead atoms. The van der Waals surface area contributed by atoms with E-state index in [4.69, 9.17) is 11.6 Å². The van der Waals surface area contributed by atoms with E-state index in [9.17, 15) is 0 Å². The number of hydrogen-bond donors (Lipinski definition) is 1. The molecule has 0 spiro atoms. The lowest BCUT2D eigenvalue weighted by atomic mass is 10.2. The number of anilines is 1. The summed E-state index contributed by atoms with van der Waals surface area (Å²) < 4.78 is 0.